The molecule has 0 fully saturated rings. The van der Waals surface area contributed by atoms with Gasteiger partial charge in [-0.3, -0.25) is 4.79 Å². The van der Waals surface area contributed by atoms with E-state index in [4.69, 9.17) is 4.74 Å². The number of para-hydroxylation sites is 1. The van der Waals surface area contributed by atoms with Crippen LogP contribution in [0, 0.1) is 5.82 Å². The number of carbonyl (C=O) groups excluding carboxylic acids is 1. The number of nitrogens with zero attached hydrogens (tertiary/aromatic N) is 2. The fourth-order valence-electron chi connectivity index (χ4n) is 2.31. The lowest BCUT2D eigenvalue weighted by Crippen LogP contribution is -2.25. The van der Waals surface area contributed by atoms with Crippen LogP contribution in [0.3, 0.4) is 0 Å². The normalized spacial score (nSPS) is 10.4. The zero-order valence-corrected chi connectivity index (χ0v) is 13.1. The summed E-state index contributed by atoms with van der Waals surface area (Å²) in [5, 5.41) is 7.03. The van der Waals surface area contributed by atoms with E-state index in [1.165, 1.54) is 23.9 Å². The highest BCUT2D eigenvalue weighted by atomic mass is 19.1. The fourth-order valence-corrected chi connectivity index (χ4v) is 2.31. The van der Waals surface area contributed by atoms with Gasteiger partial charge in [-0.1, -0.05) is 30.3 Å². The molecule has 6 heteroatoms. The molecule has 3 aromatic rings. The van der Waals surface area contributed by atoms with E-state index >= 15 is 0 Å². The molecule has 24 heavy (non-hydrogen) atoms. The number of hydrogen-bond donors (Lipinski definition) is 1. The lowest BCUT2D eigenvalue weighted by atomic mass is 10.2. The van der Waals surface area contributed by atoms with Crippen molar-refractivity contribution in [2.75, 3.05) is 7.11 Å². The highest BCUT2D eigenvalue weighted by molar-refractivity contribution is 5.93. The standard InChI is InChI=1S/C18H16FN3O2/c1-24-17-11-16(22(21-17)15-8-3-2-4-9-15)18(23)20-12-13-6-5-7-14(19)10-13/h2-11H,12H2,1H3,(H,20,23). The SMILES string of the molecule is COc1cc(C(=O)NCc2cccc(F)c2)n(-c2ccccc2)n1. The van der Waals surface area contributed by atoms with Gasteiger partial charge in [-0.25, -0.2) is 9.07 Å². The minimum absolute atomic E-state index is 0.221. The third-order valence-electron chi connectivity index (χ3n) is 3.47. The first-order chi connectivity index (χ1) is 11.7. The van der Waals surface area contributed by atoms with Crippen LogP contribution in [0.5, 0.6) is 5.88 Å². The molecule has 2 aromatic carbocycles. The van der Waals surface area contributed by atoms with Crippen LogP contribution in [-0.4, -0.2) is 22.8 Å². The van der Waals surface area contributed by atoms with Crippen LogP contribution in [0.25, 0.3) is 5.69 Å². The van der Waals surface area contributed by atoms with Crippen LogP contribution in [-0.2, 0) is 6.54 Å². The number of rotatable bonds is 5. The maximum atomic E-state index is 13.2. The van der Waals surface area contributed by atoms with Crippen molar-refractivity contribution in [1.29, 1.82) is 0 Å². The summed E-state index contributed by atoms with van der Waals surface area (Å²) in [4.78, 5) is 12.5. The van der Waals surface area contributed by atoms with Gasteiger partial charge < -0.3 is 10.1 Å². The Balaban J connectivity index is 1.83. The van der Waals surface area contributed by atoms with Crippen molar-refractivity contribution in [3.8, 4) is 11.6 Å². The summed E-state index contributed by atoms with van der Waals surface area (Å²) >= 11 is 0. The van der Waals surface area contributed by atoms with Gasteiger partial charge in [-0.15, -0.1) is 5.10 Å². The summed E-state index contributed by atoms with van der Waals surface area (Å²) in [6.45, 7) is 0.221. The van der Waals surface area contributed by atoms with Crippen LogP contribution in [0.4, 0.5) is 4.39 Å². The topological polar surface area (TPSA) is 56.1 Å². The molecule has 3 rings (SSSR count). The van der Waals surface area contributed by atoms with Gasteiger partial charge >= 0.3 is 0 Å². The first-order valence-electron chi connectivity index (χ1n) is 7.39. The summed E-state index contributed by atoms with van der Waals surface area (Å²) in [6, 6.07) is 17.0. The van der Waals surface area contributed by atoms with Gasteiger partial charge in [0, 0.05) is 12.6 Å². The molecule has 5 nitrogen and oxygen atoms in total. The predicted molar refractivity (Wildman–Crippen MR) is 87.7 cm³/mol. The highest BCUT2D eigenvalue weighted by Crippen LogP contribution is 2.17. The average Bonchev–Trinajstić information content (AvgIpc) is 3.05. The molecule has 0 saturated heterocycles. The largest absolute Gasteiger partial charge is 0.480 e. The third kappa shape index (κ3) is 3.43. The maximum absolute atomic E-state index is 13.2. The number of amides is 1. The van der Waals surface area contributed by atoms with Gasteiger partial charge in [0.1, 0.15) is 11.5 Å². The quantitative estimate of drug-likeness (QED) is 0.785. The van der Waals surface area contributed by atoms with Crippen LogP contribution in [0.15, 0.2) is 60.7 Å². The van der Waals surface area contributed by atoms with Crippen LogP contribution >= 0.6 is 0 Å². The van der Waals surface area contributed by atoms with Crippen molar-refractivity contribution in [1.82, 2.24) is 15.1 Å². The van der Waals surface area contributed by atoms with E-state index in [2.05, 4.69) is 10.4 Å². The molecule has 1 N–H and O–H groups in total. The van der Waals surface area contributed by atoms with Crippen molar-refractivity contribution in [2.24, 2.45) is 0 Å². The van der Waals surface area contributed by atoms with E-state index < -0.39 is 0 Å². The zero-order valence-electron chi connectivity index (χ0n) is 13.1. The smallest absolute Gasteiger partial charge is 0.270 e. The molecule has 0 radical (unpaired) electrons. The molecule has 1 aromatic heterocycles. The molecule has 0 aliphatic rings. The van der Waals surface area contributed by atoms with Crippen LogP contribution in [0.2, 0.25) is 0 Å². The van der Waals surface area contributed by atoms with Crippen LogP contribution in [0.1, 0.15) is 16.1 Å². The van der Waals surface area contributed by atoms with Gasteiger partial charge in [0.15, 0.2) is 0 Å². The predicted octanol–water partition coefficient (Wildman–Crippen LogP) is 2.95. The summed E-state index contributed by atoms with van der Waals surface area (Å²) in [7, 11) is 1.49. The molecule has 0 atom stereocenters. The van der Waals surface area contributed by atoms with E-state index in [1.54, 1.807) is 18.2 Å². The van der Waals surface area contributed by atoms with E-state index in [1.807, 2.05) is 30.3 Å². The second-order valence-electron chi connectivity index (χ2n) is 5.13. The van der Waals surface area contributed by atoms with E-state index in [9.17, 15) is 9.18 Å². The molecule has 0 spiro atoms. The number of hydrogen-bond acceptors (Lipinski definition) is 3. The number of carbonyl (C=O) groups is 1. The lowest BCUT2D eigenvalue weighted by Gasteiger charge is -2.08. The minimum Gasteiger partial charge on any atom is -0.480 e. The van der Waals surface area contributed by atoms with Crippen molar-refractivity contribution in [2.45, 2.75) is 6.54 Å². The molecular formula is C18H16FN3O2. The van der Waals surface area contributed by atoms with Gasteiger partial charge in [-0.2, -0.15) is 0 Å². The fraction of sp³-hybridized carbons (Fsp3) is 0.111. The van der Waals surface area contributed by atoms with E-state index in [-0.39, 0.29) is 18.3 Å². The van der Waals surface area contributed by atoms with Gasteiger partial charge in [0.05, 0.1) is 12.8 Å². The Bertz CT molecular complexity index is 846. The Morgan fingerprint density at radius 1 is 1.17 bits per heavy atom. The van der Waals surface area contributed by atoms with E-state index in [0.717, 1.165) is 5.69 Å². The zero-order chi connectivity index (χ0) is 16.9. The number of nitrogens with one attached hydrogen (secondary N) is 1. The van der Waals surface area contributed by atoms with Crippen LogP contribution < -0.4 is 10.1 Å². The minimum atomic E-state index is -0.335. The Hall–Kier alpha value is -3.15. The second-order valence-corrected chi connectivity index (χ2v) is 5.13. The molecule has 122 valence electrons. The molecule has 0 aliphatic heterocycles. The van der Waals surface area contributed by atoms with Crippen molar-refractivity contribution in [3.63, 3.8) is 0 Å². The molecular weight excluding hydrogens is 309 g/mol. The Morgan fingerprint density at radius 3 is 2.67 bits per heavy atom. The monoisotopic (exact) mass is 325 g/mol. The number of methoxy groups -OCH3 is 1. The Kier molecular flexibility index (Phi) is 4.56. The summed E-state index contributed by atoms with van der Waals surface area (Å²) in [5.74, 6) is -0.314. The molecule has 0 unspecified atom stereocenters. The number of halogens is 1. The first-order valence-corrected chi connectivity index (χ1v) is 7.39. The van der Waals surface area contributed by atoms with E-state index in [0.29, 0.717) is 17.1 Å². The lowest BCUT2D eigenvalue weighted by molar-refractivity contribution is 0.0943. The Labute approximate surface area is 138 Å². The van der Waals surface area contributed by atoms with Crippen molar-refractivity contribution in [3.05, 3.63) is 77.7 Å². The highest BCUT2D eigenvalue weighted by Gasteiger charge is 2.17. The van der Waals surface area contributed by atoms with Crippen molar-refractivity contribution < 1.29 is 13.9 Å². The first kappa shape index (κ1) is 15.7. The molecule has 0 aliphatic carbocycles. The number of benzene rings is 2. The molecule has 0 saturated carbocycles. The second kappa shape index (κ2) is 6.95. The van der Waals surface area contributed by atoms with Gasteiger partial charge in [0.2, 0.25) is 5.88 Å². The molecule has 1 heterocycles. The third-order valence-corrected chi connectivity index (χ3v) is 3.47. The summed E-state index contributed by atoms with van der Waals surface area (Å²) in [6.07, 6.45) is 0. The Morgan fingerprint density at radius 2 is 1.96 bits per heavy atom. The van der Waals surface area contributed by atoms with Gasteiger partial charge in [0.25, 0.3) is 5.91 Å². The number of aromatic nitrogens is 2. The molecule has 0 bridgehead atoms. The van der Waals surface area contributed by atoms with Crippen molar-refractivity contribution >= 4 is 5.91 Å². The number of ether oxygens (including phenoxy) is 1. The average molecular weight is 325 g/mol. The summed E-state index contributed by atoms with van der Waals surface area (Å²) in [5.41, 5.74) is 1.77. The van der Waals surface area contributed by atoms with Gasteiger partial charge in [-0.05, 0) is 29.8 Å². The summed E-state index contributed by atoms with van der Waals surface area (Å²) < 4.78 is 19.8. The maximum Gasteiger partial charge on any atom is 0.270 e. The molecule has 1 amide bonds.